The molecule has 0 aliphatic carbocycles. The summed E-state index contributed by atoms with van der Waals surface area (Å²) >= 11 is 5.65. The van der Waals surface area contributed by atoms with Gasteiger partial charge in [-0.15, -0.1) is 0 Å². The SMILES string of the molecule is O=C(O)c1nc(-c2ccccn2)ncc1Cl. The molecule has 2 aromatic heterocycles. The molecule has 0 unspecified atom stereocenters. The first-order valence-corrected chi connectivity index (χ1v) is 4.73. The Balaban J connectivity index is 2.52. The summed E-state index contributed by atoms with van der Waals surface area (Å²) in [6.45, 7) is 0. The average Bonchev–Trinajstić information content (AvgIpc) is 2.30. The zero-order chi connectivity index (χ0) is 11.5. The second-order valence-corrected chi connectivity index (χ2v) is 3.32. The van der Waals surface area contributed by atoms with E-state index in [-0.39, 0.29) is 16.5 Å². The van der Waals surface area contributed by atoms with E-state index in [0.717, 1.165) is 0 Å². The molecule has 0 bridgehead atoms. The number of hydrogen-bond donors (Lipinski definition) is 1. The second-order valence-electron chi connectivity index (χ2n) is 2.91. The first kappa shape index (κ1) is 10.5. The first-order chi connectivity index (χ1) is 7.68. The molecule has 2 rings (SSSR count). The molecule has 0 atom stereocenters. The molecule has 5 nitrogen and oxygen atoms in total. The van der Waals surface area contributed by atoms with Gasteiger partial charge < -0.3 is 5.11 Å². The highest BCUT2D eigenvalue weighted by Crippen LogP contribution is 2.17. The van der Waals surface area contributed by atoms with Crippen LogP contribution in [0.5, 0.6) is 0 Å². The molecule has 0 saturated heterocycles. The van der Waals surface area contributed by atoms with E-state index >= 15 is 0 Å². The lowest BCUT2D eigenvalue weighted by molar-refractivity contribution is 0.0690. The number of pyridine rings is 1. The van der Waals surface area contributed by atoms with Gasteiger partial charge in [-0.1, -0.05) is 17.7 Å². The van der Waals surface area contributed by atoms with E-state index in [1.165, 1.54) is 6.20 Å². The van der Waals surface area contributed by atoms with Gasteiger partial charge in [-0.2, -0.15) is 0 Å². The molecule has 6 heteroatoms. The van der Waals surface area contributed by atoms with E-state index in [1.807, 2.05) is 0 Å². The van der Waals surface area contributed by atoms with Crippen molar-refractivity contribution in [2.24, 2.45) is 0 Å². The summed E-state index contributed by atoms with van der Waals surface area (Å²) in [4.78, 5) is 22.6. The first-order valence-electron chi connectivity index (χ1n) is 4.35. The van der Waals surface area contributed by atoms with Crippen molar-refractivity contribution in [3.8, 4) is 11.5 Å². The van der Waals surface area contributed by atoms with E-state index in [9.17, 15) is 4.79 Å². The van der Waals surface area contributed by atoms with Crippen molar-refractivity contribution < 1.29 is 9.90 Å². The Morgan fingerprint density at radius 3 is 2.75 bits per heavy atom. The lowest BCUT2D eigenvalue weighted by atomic mass is 10.3. The van der Waals surface area contributed by atoms with Gasteiger partial charge in [0.25, 0.3) is 0 Å². The number of carbonyl (C=O) groups is 1. The summed E-state index contributed by atoms with van der Waals surface area (Å²) in [7, 11) is 0. The van der Waals surface area contributed by atoms with Crippen LogP contribution < -0.4 is 0 Å². The maximum absolute atomic E-state index is 10.8. The Bertz CT molecular complexity index is 531. The van der Waals surface area contributed by atoms with Gasteiger partial charge in [0.05, 0.1) is 11.2 Å². The number of halogens is 1. The van der Waals surface area contributed by atoms with Crippen molar-refractivity contribution in [1.29, 1.82) is 0 Å². The van der Waals surface area contributed by atoms with Crippen LogP contribution in [-0.4, -0.2) is 26.0 Å². The molecule has 2 heterocycles. The highest BCUT2D eigenvalue weighted by Gasteiger charge is 2.13. The Hall–Kier alpha value is -2.01. The lowest BCUT2D eigenvalue weighted by Crippen LogP contribution is -2.04. The highest BCUT2D eigenvalue weighted by atomic mass is 35.5. The number of carboxylic acid groups (broad SMARTS) is 1. The zero-order valence-corrected chi connectivity index (χ0v) is 8.72. The van der Waals surface area contributed by atoms with Gasteiger partial charge in [-0.3, -0.25) is 4.98 Å². The number of nitrogens with zero attached hydrogens (tertiary/aromatic N) is 3. The van der Waals surface area contributed by atoms with Crippen molar-refractivity contribution >= 4 is 17.6 Å². The summed E-state index contributed by atoms with van der Waals surface area (Å²) in [5.41, 5.74) is 0.277. The average molecular weight is 236 g/mol. The molecule has 0 radical (unpaired) electrons. The maximum atomic E-state index is 10.8. The summed E-state index contributed by atoms with van der Waals surface area (Å²) < 4.78 is 0. The molecular weight excluding hydrogens is 230 g/mol. The quantitative estimate of drug-likeness (QED) is 0.860. The Morgan fingerprint density at radius 2 is 2.12 bits per heavy atom. The van der Waals surface area contributed by atoms with Gasteiger partial charge in [-0.05, 0) is 12.1 Å². The van der Waals surface area contributed by atoms with Gasteiger partial charge in [0.2, 0.25) is 0 Å². The van der Waals surface area contributed by atoms with E-state index in [1.54, 1.807) is 24.4 Å². The summed E-state index contributed by atoms with van der Waals surface area (Å²) in [5, 5.41) is 8.85. The van der Waals surface area contributed by atoms with E-state index in [0.29, 0.717) is 5.69 Å². The van der Waals surface area contributed by atoms with Crippen LogP contribution in [0.25, 0.3) is 11.5 Å². The third-order valence-corrected chi connectivity index (χ3v) is 2.12. The van der Waals surface area contributed by atoms with Crippen LogP contribution >= 0.6 is 11.6 Å². The Kier molecular flexibility index (Phi) is 2.78. The number of aromatic nitrogens is 3. The van der Waals surface area contributed by atoms with Crippen LogP contribution in [0.3, 0.4) is 0 Å². The molecule has 16 heavy (non-hydrogen) atoms. The second kappa shape index (κ2) is 4.24. The van der Waals surface area contributed by atoms with Gasteiger partial charge in [0.1, 0.15) is 5.69 Å². The minimum Gasteiger partial charge on any atom is -0.476 e. The molecule has 2 aromatic rings. The smallest absolute Gasteiger partial charge is 0.356 e. The standard InChI is InChI=1S/C10H6ClN3O2/c11-6-5-13-9(14-8(6)10(15)16)7-3-1-2-4-12-7/h1-5H,(H,15,16). The molecule has 0 aromatic carbocycles. The number of aromatic carboxylic acids is 1. The molecule has 0 saturated carbocycles. The van der Waals surface area contributed by atoms with Crippen LogP contribution in [0.4, 0.5) is 0 Å². The molecule has 80 valence electrons. The van der Waals surface area contributed by atoms with Crippen LogP contribution in [0.15, 0.2) is 30.6 Å². The molecule has 0 amide bonds. The number of carboxylic acids is 1. The Labute approximate surface area is 95.8 Å². The fraction of sp³-hybridized carbons (Fsp3) is 0. The zero-order valence-electron chi connectivity index (χ0n) is 7.96. The topological polar surface area (TPSA) is 76.0 Å². The maximum Gasteiger partial charge on any atom is 0.356 e. The summed E-state index contributed by atoms with van der Waals surface area (Å²) in [5.74, 6) is -0.952. The van der Waals surface area contributed by atoms with Crippen molar-refractivity contribution in [2.75, 3.05) is 0 Å². The molecular formula is C10H6ClN3O2. The molecule has 0 spiro atoms. The monoisotopic (exact) mass is 235 g/mol. The third-order valence-electron chi connectivity index (χ3n) is 1.84. The minimum absolute atomic E-state index is 0.00665. The predicted octanol–water partition coefficient (Wildman–Crippen LogP) is 1.89. The van der Waals surface area contributed by atoms with Gasteiger partial charge in [0.15, 0.2) is 11.5 Å². The Morgan fingerprint density at radius 1 is 1.31 bits per heavy atom. The molecule has 1 N–H and O–H groups in total. The van der Waals surface area contributed by atoms with Crippen molar-refractivity contribution in [1.82, 2.24) is 15.0 Å². The fourth-order valence-electron chi connectivity index (χ4n) is 1.14. The van der Waals surface area contributed by atoms with Crippen molar-refractivity contribution in [2.45, 2.75) is 0 Å². The molecule has 0 aliphatic heterocycles. The van der Waals surface area contributed by atoms with E-state index < -0.39 is 5.97 Å². The van der Waals surface area contributed by atoms with Gasteiger partial charge in [0, 0.05) is 6.20 Å². The minimum atomic E-state index is -1.19. The van der Waals surface area contributed by atoms with E-state index in [2.05, 4.69) is 15.0 Å². The van der Waals surface area contributed by atoms with E-state index in [4.69, 9.17) is 16.7 Å². The molecule has 0 fully saturated rings. The summed E-state index contributed by atoms with van der Waals surface area (Å²) in [6.07, 6.45) is 2.83. The molecule has 0 aliphatic rings. The summed E-state index contributed by atoms with van der Waals surface area (Å²) in [6, 6.07) is 5.20. The predicted molar refractivity (Wildman–Crippen MR) is 57.2 cm³/mol. The van der Waals surface area contributed by atoms with Crippen LogP contribution in [0.1, 0.15) is 10.5 Å². The van der Waals surface area contributed by atoms with Crippen LogP contribution in [0, 0.1) is 0 Å². The fourth-order valence-corrected chi connectivity index (χ4v) is 1.31. The lowest BCUT2D eigenvalue weighted by Gasteiger charge is -2.01. The largest absolute Gasteiger partial charge is 0.476 e. The van der Waals surface area contributed by atoms with Crippen LogP contribution in [-0.2, 0) is 0 Å². The number of hydrogen-bond acceptors (Lipinski definition) is 4. The third kappa shape index (κ3) is 1.99. The van der Waals surface area contributed by atoms with Crippen molar-refractivity contribution in [3.63, 3.8) is 0 Å². The van der Waals surface area contributed by atoms with Crippen LogP contribution in [0.2, 0.25) is 5.02 Å². The number of rotatable bonds is 2. The highest BCUT2D eigenvalue weighted by molar-refractivity contribution is 6.33. The normalized spacial score (nSPS) is 10.1. The van der Waals surface area contributed by atoms with Gasteiger partial charge >= 0.3 is 5.97 Å². The van der Waals surface area contributed by atoms with Gasteiger partial charge in [-0.25, -0.2) is 14.8 Å². The van der Waals surface area contributed by atoms with Crippen molar-refractivity contribution in [3.05, 3.63) is 41.3 Å².